The minimum Gasteiger partial charge on any atom is -0.456 e. The number of amides is 1. The molecule has 3 aromatic carbocycles. The van der Waals surface area contributed by atoms with Crippen LogP contribution in [0.4, 0.5) is 5.69 Å². The molecule has 138 valence electrons. The first-order chi connectivity index (χ1) is 13.5. The zero-order valence-electron chi connectivity index (χ0n) is 15.0. The van der Waals surface area contributed by atoms with E-state index >= 15 is 0 Å². The van der Waals surface area contributed by atoms with Crippen LogP contribution in [0.15, 0.2) is 82.0 Å². The van der Waals surface area contributed by atoms with Crippen molar-refractivity contribution in [3.05, 3.63) is 99.2 Å². The summed E-state index contributed by atoms with van der Waals surface area (Å²) in [6, 6.07) is 21.0. The number of halogens is 1. The highest BCUT2D eigenvalue weighted by atomic mass is 35.5. The zero-order chi connectivity index (χ0) is 19.7. The van der Waals surface area contributed by atoms with Gasteiger partial charge >= 0.3 is 0 Å². The number of nitrogens with one attached hydrogen (secondary N) is 1. The smallest absolute Gasteiger partial charge is 0.257 e. The molecule has 0 radical (unpaired) electrons. The Balaban J connectivity index is 1.68. The van der Waals surface area contributed by atoms with Gasteiger partial charge in [0.05, 0.1) is 16.0 Å². The molecule has 0 aliphatic heterocycles. The zero-order valence-corrected chi connectivity index (χ0v) is 15.8. The summed E-state index contributed by atoms with van der Waals surface area (Å²) >= 11 is 6.07. The van der Waals surface area contributed by atoms with Crippen molar-refractivity contribution in [2.45, 2.75) is 6.92 Å². The number of aryl methyl sites for hydroxylation is 1. The van der Waals surface area contributed by atoms with Crippen molar-refractivity contribution in [2.24, 2.45) is 0 Å². The lowest BCUT2D eigenvalue weighted by Gasteiger charge is -2.08. The second-order valence-electron chi connectivity index (χ2n) is 6.49. The van der Waals surface area contributed by atoms with Crippen molar-refractivity contribution in [3.8, 4) is 11.3 Å². The Kier molecular flexibility index (Phi) is 4.72. The number of benzene rings is 3. The van der Waals surface area contributed by atoms with Crippen LogP contribution in [0.5, 0.6) is 0 Å². The maximum Gasteiger partial charge on any atom is 0.257 e. The van der Waals surface area contributed by atoms with E-state index in [-0.39, 0.29) is 11.3 Å². The van der Waals surface area contributed by atoms with Gasteiger partial charge in [0.1, 0.15) is 11.3 Å². The van der Waals surface area contributed by atoms with E-state index in [1.165, 1.54) is 6.07 Å². The molecule has 0 saturated carbocycles. The van der Waals surface area contributed by atoms with Gasteiger partial charge in [-0.1, -0.05) is 53.6 Å². The Morgan fingerprint density at radius 3 is 2.46 bits per heavy atom. The SMILES string of the molecule is Cc1ccc(-c2cc(=O)c3cc(NC(=O)c4ccccc4Cl)ccc3o2)cc1. The van der Waals surface area contributed by atoms with Gasteiger partial charge in [0.15, 0.2) is 5.43 Å². The van der Waals surface area contributed by atoms with Gasteiger partial charge in [-0.2, -0.15) is 0 Å². The third-order valence-electron chi connectivity index (χ3n) is 4.44. The molecular formula is C23H16ClNO3. The van der Waals surface area contributed by atoms with Crippen LogP contribution in [-0.4, -0.2) is 5.91 Å². The van der Waals surface area contributed by atoms with Crippen molar-refractivity contribution in [3.63, 3.8) is 0 Å². The van der Waals surface area contributed by atoms with E-state index < -0.39 is 0 Å². The lowest BCUT2D eigenvalue weighted by molar-refractivity contribution is 0.102. The van der Waals surface area contributed by atoms with Crippen LogP contribution in [0.2, 0.25) is 5.02 Å². The third-order valence-corrected chi connectivity index (χ3v) is 4.77. The van der Waals surface area contributed by atoms with Gasteiger partial charge in [0.25, 0.3) is 5.91 Å². The molecule has 0 spiro atoms. The topological polar surface area (TPSA) is 59.3 Å². The maximum atomic E-state index is 12.6. The van der Waals surface area contributed by atoms with Crippen molar-refractivity contribution in [1.82, 2.24) is 0 Å². The van der Waals surface area contributed by atoms with Crippen molar-refractivity contribution in [2.75, 3.05) is 5.32 Å². The van der Waals surface area contributed by atoms with Gasteiger partial charge in [-0.05, 0) is 37.3 Å². The first-order valence-corrected chi connectivity index (χ1v) is 9.10. The Bertz CT molecular complexity index is 1240. The molecule has 1 heterocycles. The summed E-state index contributed by atoms with van der Waals surface area (Å²) < 4.78 is 5.90. The molecule has 1 aromatic heterocycles. The lowest BCUT2D eigenvalue weighted by atomic mass is 10.1. The molecule has 0 aliphatic rings. The molecule has 5 heteroatoms. The summed E-state index contributed by atoms with van der Waals surface area (Å²) in [5.74, 6) is 0.163. The van der Waals surface area contributed by atoms with Gasteiger partial charge < -0.3 is 9.73 Å². The average Bonchev–Trinajstić information content (AvgIpc) is 2.69. The summed E-state index contributed by atoms with van der Waals surface area (Å²) in [5, 5.41) is 3.53. The second-order valence-corrected chi connectivity index (χ2v) is 6.89. The van der Waals surface area contributed by atoms with Crippen LogP contribution < -0.4 is 10.7 Å². The number of carbonyl (C=O) groups is 1. The molecule has 1 amide bonds. The van der Waals surface area contributed by atoms with E-state index in [4.69, 9.17) is 16.0 Å². The third kappa shape index (κ3) is 3.55. The predicted octanol–water partition coefficient (Wildman–Crippen LogP) is 5.67. The second kappa shape index (κ2) is 7.33. The quantitative estimate of drug-likeness (QED) is 0.490. The van der Waals surface area contributed by atoms with E-state index in [1.807, 2.05) is 31.2 Å². The van der Waals surface area contributed by atoms with E-state index in [9.17, 15) is 9.59 Å². The molecule has 0 fully saturated rings. The van der Waals surface area contributed by atoms with Gasteiger partial charge in [-0.25, -0.2) is 0 Å². The van der Waals surface area contributed by atoms with Crippen LogP contribution in [0.1, 0.15) is 15.9 Å². The van der Waals surface area contributed by atoms with Crippen LogP contribution in [0, 0.1) is 6.92 Å². The highest BCUT2D eigenvalue weighted by molar-refractivity contribution is 6.34. The summed E-state index contributed by atoms with van der Waals surface area (Å²) in [4.78, 5) is 25.0. The minimum atomic E-state index is -0.342. The number of anilines is 1. The standard InChI is InChI=1S/C23H16ClNO3/c1-14-6-8-15(9-7-14)22-13-20(26)18-12-16(10-11-21(18)28-22)25-23(27)17-4-2-3-5-19(17)24/h2-13H,1H3,(H,25,27). The van der Waals surface area contributed by atoms with E-state index in [0.29, 0.717) is 33.0 Å². The number of rotatable bonds is 3. The van der Waals surface area contributed by atoms with E-state index in [2.05, 4.69) is 5.32 Å². The van der Waals surface area contributed by atoms with Crippen LogP contribution in [0.25, 0.3) is 22.3 Å². The van der Waals surface area contributed by atoms with Crippen LogP contribution >= 0.6 is 11.6 Å². The fourth-order valence-electron chi connectivity index (χ4n) is 2.94. The number of hydrogen-bond acceptors (Lipinski definition) is 3. The fourth-order valence-corrected chi connectivity index (χ4v) is 3.16. The molecule has 4 rings (SSSR count). The molecule has 4 aromatic rings. The van der Waals surface area contributed by atoms with Crippen molar-refractivity contribution < 1.29 is 9.21 Å². The van der Waals surface area contributed by atoms with Crippen LogP contribution in [-0.2, 0) is 0 Å². The highest BCUT2D eigenvalue weighted by Gasteiger charge is 2.12. The molecule has 4 nitrogen and oxygen atoms in total. The number of carbonyl (C=O) groups excluding carboxylic acids is 1. The maximum absolute atomic E-state index is 12.6. The Morgan fingerprint density at radius 1 is 0.964 bits per heavy atom. The number of fused-ring (bicyclic) bond motifs is 1. The fraction of sp³-hybridized carbons (Fsp3) is 0.0435. The Labute approximate surface area is 166 Å². The van der Waals surface area contributed by atoms with Crippen molar-refractivity contribution >= 4 is 34.2 Å². The van der Waals surface area contributed by atoms with E-state index in [1.54, 1.807) is 42.5 Å². The van der Waals surface area contributed by atoms with Gasteiger partial charge in [0, 0.05) is 17.3 Å². The monoisotopic (exact) mass is 389 g/mol. The van der Waals surface area contributed by atoms with Crippen LogP contribution in [0.3, 0.4) is 0 Å². The highest BCUT2D eigenvalue weighted by Crippen LogP contribution is 2.25. The minimum absolute atomic E-state index is 0.175. The largest absolute Gasteiger partial charge is 0.456 e. The molecule has 0 aliphatic carbocycles. The molecule has 0 bridgehead atoms. The summed E-state index contributed by atoms with van der Waals surface area (Å²) in [6.07, 6.45) is 0. The summed E-state index contributed by atoms with van der Waals surface area (Å²) in [6.45, 7) is 2.00. The Hall–Kier alpha value is -3.37. The summed E-state index contributed by atoms with van der Waals surface area (Å²) in [5.41, 5.74) is 3.11. The lowest BCUT2D eigenvalue weighted by Crippen LogP contribution is -2.12. The molecule has 1 N–H and O–H groups in total. The normalized spacial score (nSPS) is 10.8. The predicted molar refractivity (Wildman–Crippen MR) is 112 cm³/mol. The first kappa shape index (κ1) is 18.0. The number of hydrogen-bond donors (Lipinski definition) is 1. The van der Waals surface area contributed by atoms with Gasteiger partial charge in [-0.15, -0.1) is 0 Å². The average molecular weight is 390 g/mol. The van der Waals surface area contributed by atoms with Gasteiger partial charge in [0.2, 0.25) is 0 Å². The molecular weight excluding hydrogens is 374 g/mol. The molecule has 0 unspecified atom stereocenters. The van der Waals surface area contributed by atoms with Crippen molar-refractivity contribution in [1.29, 1.82) is 0 Å². The Morgan fingerprint density at radius 2 is 1.71 bits per heavy atom. The van der Waals surface area contributed by atoms with E-state index in [0.717, 1.165) is 11.1 Å². The molecule has 0 saturated heterocycles. The summed E-state index contributed by atoms with van der Waals surface area (Å²) in [7, 11) is 0. The molecule has 0 atom stereocenters. The first-order valence-electron chi connectivity index (χ1n) is 8.72. The molecule has 28 heavy (non-hydrogen) atoms. The van der Waals surface area contributed by atoms with Gasteiger partial charge in [-0.3, -0.25) is 9.59 Å².